The minimum Gasteiger partial charge on any atom is -0.354 e. The molecule has 0 saturated carbocycles. The Kier molecular flexibility index (Phi) is 3.99. The minimum atomic E-state index is 0.208. The summed E-state index contributed by atoms with van der Waals surface area (Å²) in [7, 11) is 2.19. The lowest BCUT2D eigenvalue weighted by Crippen LogP contribution is -2.42. The Morgan fingerprint density at radius 1 is 0.731 bits per heavy atom. The molecule has 4 rings (SSSR count). The standard InChI is InChI=1S/C24H26N2/c1-16-14-17(2)18(3)24(15-16)26-19(4)25(5)22-12-8-6-10-20(22)21-11-7-9-13-23(21)26/h6-15,19H,1-5H3. The first-order chi connectivity index (χ1) is 12.5. The van der Waals surface area contributed by atoms with Gasteiger partial charge in [0, 0.05) is 29.5 Å². The van der Waals surface area contributed by atoms with Gasteiger partial charge in [-0.25, -0.2) is 0 Å². The van der Waals surface area contributed by atoms with E-state index in [2.05, 4.69) is 105 Å². The van der Waals surface area contributed by atoms with Crippen LogP contribution in [-0.4, -0.2) is 13.2 Å². The van der Waals surface area contributed by atoms with Crippen LogP contribution in [0.4, 0.5) is 17.1 Å². The Hall–Kier alpha value is -2.74. The van der Waals surface area contributed by atoms with Crippen LogP contribution in [-0.2, 0) is 0 Å². The Morgan fingerprint density at radius 2 is 1.31 bits per heavy atom. The lowest BCUT2D eigenvalue weighted by atomic mass is 9.99. The highest BCUT2D eigenvalue weighted by Crippen LogP contribution is 2.45. The molecule has 0 N–H and O–H groups in total. The van der Waals surface area contributed by atoms with E-state index in [1.165, 1.54) is 44.9 Å². The van der Waals surface area contributed by atoms with E-state index in [0.29, 0.717) is 0 Å². The Bertz CT molecular complexity index is 974. The highest BCUT2D eigenvalue weighted by molar-refractivity contribution is 5.92. The molecule has 1 atom stereocenters. The highest BCUT2D eigenvalue weighted by atomic mass is 15.4. The van der Waals surface area contributed by atoms with E-state index in [1.54, 1.807) is 0 Å². The molecule has 2 nitrogen and oxygen atoms in total. The molecule has 0 spiro atoms. The molecular formula is C24H26N2. The molecule has 0 aliphatic carbocycles. The normalized spacial score (nSPS) is 16.1. The van der Waals surface area contributed by atoms with Crippen LogP contribution in [0.15, 0.2) is 60.7 Å². The summed E-state index contributed by atoms with van der Waals surface area (Å²) >= 11 is 0. The van der Waals surface area contributed by atoms with Crippen molar-refractivity contribution in [2.24, 2.45) is 0 Å². The lowest BCUT2D eigenvalue weighted by Gasteiger charge is -2.38. The van der Waals surface area contributed by atoms with Gasteiger partial charge in [-0.2, -0.15) is 0 Å². The Labute approximate surface area is 156 Å². The third-order valence-electron chi connectivity index (χ3n) is 5.72. The van der Waals surface area contributed by atoms with Gasteiger partial charge in [-0.3, -0.25) is 0 Å². The average molecular weight is 342 g/mol. The van der Waals surface area contributed by atoms with Crippen LogP contribution in [0.3, 0.4) is 0 Å². The van der Waals surface area contributed by atoms with Crippen molar-refractivity contribution in [1.82, 2.24) is 0 Å². The smallest absolute Gasteiger partial charge is 0.103 e. The summed E-state index contributed by atoms with van der Waals surface area (Å²) in [6.45, 7) is 8.91. The quantitative estimate of drug-likeness (QED) is 0.518. The molecule has 1 aliphatic heterocycles. The van der Waals surface area contributed by atoms with Crippen molar-refractivity contribution in [1.29, 1.82) is 0 Å². The third-order valence-corrected chi connectivity index (χ3v) is 5.72. The molecule has 0 saturated heterocycles. The van der Waals surface area contributed by atoms with E-state index in [4.69, 9.17) is 0 Å². The van der Waals surface area contributed by atoms with Crippen molar-refractivity contribution in [3.63, 3.8) is 0 Å². The summed E-state index contributed by atoms with van der Waals surface area (Å²) in [6, 6.07) is 22.1. The maximum atomic E-state index is 2.49. The highest BCUT2D eigenvalue weighted by Gasteiger charge is 2.29. The van der Waals surface area contributed by atoms with Crippen LogP contribution < -0.4 is 9.80 Å². The number of fused-ring (bicyclic) bond motifs is 3. The van der Waals surface area contributed by atoms with Gasteiger partial charge in [0.05, 0.1) is 5.69 Å². The van der Waals surface area contributed by atoms with E-state index in [0.717, 1.165) is 0 Å². The SMILES string of the molecule is Cc1cc(C)c(C)c(N2c3ccccc3-c3ccccc3N(C)C2C)c1. The van der Waals surface area contributed by atoms with Crippen LogP contribution in [0.1, 0.15) is 23.6 Å². The van der Waals surface area contributed by atoms with Crippen LogP contribution in [0, 0.1) is 20.8 Å². The summed E-state index contributed by atoms with van der Waals surface area (Å²) in [6.07, 6.45) is 0.208. The molecule has 3 aromatic rings. The minimum absolute atomic E-state index is 0.208. The number of hydrogen-bond acceptors (Lipinski definition) is 2. The van der Waals surface area contributed by atoms with Crippen molar-refractivity contribution >= 4 is 17.1 Å². The van der Waals surface area contributed by atoms with Crippen LogP contribution >= 0.6 is 0 Å². The molecule has 1 aliphatic rings. The maximum Gasteiger partial charge on any atom is 0.103 e. The van der Waals surface area contributed by atoms with Gasteiger partial charge >= 0.3 is 0 Å². The van der Waals surface area contributed by atoms with E-state index in [1.807, 2.05) is 0 Å². The molecule has 26 heavy (non-hydrogen) atoms. The molecule has 0 aromatic heterocycles. The van der Waals surface area contributed by atoms with E-state index < -0.39 is 0 Å². The van der Waals surface area contributed by atoms with Gasteiger partial charge in [0.15, 0.2) is 0 Å². The summed E-state index contributed by atoms with van der Waals surface area (Å²) in [4.78, 5) is 4.87. The molecule has 0 amide bonds. The number of anilines is 3. The lowest BCUT2D eigenvalue weighted by molar-refractivity contribution is 0.697. The molecule has 1 heterocycles. The van der Waals surface area contributed by atoms with E-state index in [9.17, 15) is 0 Å². The second kappa shape index (κ2) is 6.21. The second-order valence-electron chi connectivity index (χ2n) is 7.37. The van der Waals surface area contributed by atoms with Gasteiger partial charge in [-0.05, 0) is 62.6 Å². The van der Waals surface area contributed by atoms with E-state index >= 15 is 0 Å². The first kappa shape index (κ1) is 16.7. The number of para-hydroxylation sites is 2. The van der Waals surface area contributed by atoms with Crippen LogP contribution in [0.2, 0.25) is 0 Å². The molecular weight excluding hydrogens is 316 g/mol. The molecule has 1 unspecified atom stereocenters. The largest absolute Gasteiger partial charge is 0.354 e. The van der Waals surface area contributed by atoms with Crippen molar-refractivity contribution in [3.05, 3.63) is 77.4 Å². The Balaban J connectivity index is 2.03. The molecule has 0 radical (unpaired) electrons. The zero-order valence-electron chi connectivity index (χ0n) is 16.2. The third kappa shape index (κ3) is 2.48. The first-order valence-electron chi connectivity index (χ1n) is 9.27. The maximum absolute atomic E-state index is 2.49. The topological polar surface area (TPSA) is 6.48 Å². The van der Waals surface area contributed by atoms with Crippen LogP contribution in [0.5, 0.6) is 0 Å². The van der Waals surface area contributed by atoms with Gasteiger partial charge in [-0.1, -0.05) is 42.5 Å². The summed E-state index contributed by atoms with van der Waals surface area (Å²) in [5.74, 6) is 0. The number of hydrogen-bond donors (Lipinski definition) is 0. The van der Waals surface area contributed by atoms with Gasteiger partial charge in [0.25, 0.3) is 0 Å². The van der Waals surface area contributed by atoms with Gasteiger partial charge in [0.2, 0.25) is 0 Å². The zero-order valence-corrected chi connectivity index (χ0v) is 16.2. The van der Waals surface area contributed by atoms with Gasteiger partial charge in [-0.15, -0.1) is 0 Å². The Morgan fingerprint density at radius 3 is 2.00 bits per heavy atom. The number of nitrogens with zero attached hydrogens (tertiary/aromatic N) is 2. The number of rotatable bonds is 1. The predicted octanol–water partition coefficient (Wildman–Crippen LogP) is 6.21. The molecule has 0 fully saturated rings. The molecule has 0 bridgehead atoms. The van der Waals surface area contributed by atoms with Crippen LogP contribution in [0.25, 0.3) is 11.1 Å². The average Bonchev–Trinajstić information content (AvgIpc) is 2.73. The summed E-state index contributed by atoms with van der Waals surface area (Å²) in [5.41, 5.74) is 10.4. The number of benzene rings is 3. The summed E-state index contributed by atoms with van der Waals surface area (Å²) < 4.78 is 0. The summed E-state index contributed by atoms with van der Waals surface area (Å²) in [5, 5.41) is 0. The molecule has 132 valence electrons. The molecule has 3 aromatic carbocycles. The molecule has 2 heteroatoms. The van der Waals surface area contributed by atoms with Crippen molar-refractivity contribution in [2.45, 2.75) is 33.9 Å². The number of aryl methyl sites for hydroxylation is 2. The fourth-order valence-corrected chi connectivity index (χ4v) is 4.09. The van der Waals surface area contributed by atoms with Crippen molar-refractivity contribution < 1.29 is 0 Å². The monoisotopic (exact) mass is 342 g/mol. The predicted molar refractivity (Wildman–Crippen MR) is 113 cm³/mol. The zero-order chi connectivity index (χ0) is 18.4. The van der Waals surface area contributed by atoms with Gasteiger partial charge < -0.3 is 9.80 Å². The van der Waals surface area contributed by atoms with Crippen molar-refractivity contribution in [2.75, 3.05) is 16.8 Å². The second-order valence-corrected chi connectivity index (χ2v) is 7.37. The van der Waals surface area contributed by atoms with Gasteiger partial charge in [0.1, 0.15) is 6.17 Å². The fraction of sp³-hybridized carbons (Fsp3) is 0.250. The fourth-order valence-electron chi connectivity index (χ4n) is 4.09. The first-order valence-corrected chi connectivity index (χ1v) is 9.27. The van der Waals surface area contributed by atoms with E-state index in [-0.39, 0.29) is 6.17 Å². The van der Waals surface area contributed by atoms with Crippen molar-refractivity contribution in [3.8, 4) is 11.1 Å².